The van der Waals surface area contributed by atoms with Gasteiger partial charge in [-0.15, -0.1) is 10.1 Å². The standard InChI is InChI=1S/C21H33NO5/c1-3-4-5-6-7-8-9-10-12-18(2)15-16-19-13-11-14-20(19)27-21(23)17-26-22(24)25/h9-10,12,15-16,19-20H,3-8,11,13-14,17H2,1-2H3/b10-9+,16-15+,18-12+/t19-,20+/m1/s1. The van der Waals surface area contributed by atoms with Crippen molar-refractivity contribution >= 4 is 5.97 Å². The molecule has 0 spiro atoms. The molecule has 6 heteroatoms. The fraction of sp³-hybridized carbons (Fsp3) is 0.667. The van der Waals surface area contributed by atoms with Gasteiger partial charge in [0.05, 0.1) is 0 Å². The highest BCUT2D eigenvalue weighted by Crippen LogP contribution is 2.29. The summed E-state index contributed by atoms with van der Waals surface area (Å²) in [6, 6.07) is 0. The van der Waals surface area contributed by atoms with Crippen molar-refractivity contribution in [3.63, 3.8) is 0 Å². The summed E-state index contributed by atoms with van der Waals surface area (Å²) >= 11 is 0. The second kappa shape index (κ2) is 14.0. The Labute approximate surface area is 162 Å². The van der Waals surface area contributed by atoms with Crippen molar-refractivity contribution < 1.29 is 19.5 Å². The second-order valence-corrected chi connectivity index (χ2v) is 7.02. The number of allylic oxidation sites excluding steroid dienone is 5. The van der Waals surface area contributed by atoms with E-state index in [2.05, 4.69) is 42.1 Å². The van der Waals surface area contributed by atoms with Crippen LogP contribution in [-0.4, -0.2) is 23.8 Å². The molecule has 1 rings (SSSR count). The van der Waals surface area contributed by atoms with Crippen LogP contribution in [0.25, 0.3) is 0 Å². The van der Waals surface area contributed by atoms with Gasteiger partial charge in [-0.05, 0) is 39.0 Å². The van der Waals surface area contributed by atoms with E-state index < -0.39 is 17.7 Å². The third-order valence-electron chi connectivity index (χ3n) is 4.65. The Hall–Kier alpha value is -2.11. The topological polar surface area (TPSA) is 78.7 Å². The van der Waals surface area contributed by atoms with Crippen LogP contribution >= 0.6 is 0 Å². The third kappa shape index (κ3) is 11.3. The molecule has 1 aliphatic carbocycles. The van der Waals surface area contributed by atoms with Gasteiger partial charge in [-0.25, -0.2) is 4.79 Å². The predicted octanol–water partition coefficient (Wildman–Crippen LogP) is 5.33. The van der Waals surface area contributed by atoms with Crippen LogP contribution < -0.4 is 0 Å². The van der Waals surface area contributed by atoms with E-state index in [0.29, 0.717) is 0 Å². The van der Waals surface area contributed by atoms with Crippen LogP contribution in [-0.2, 0) is 14.4 Å². The van der Waals surface area contributed by atoms with Crippen LogP contribution in [0.4, 0.5) is 0 Å². The lowest BCUT2D eigenvalue weighted by molar-refractivity contribution is -0.754. The zero-order chi connectivity index (χ0) is 19.9. The smallest absolute Gasteiger partial charge is 0.332 e. The maximum absolute atomic E-state index is 11.6. The van der Waals surface area contributed by atoms with E-state index in [0.717, 1.165) is 31.3 Å². The van der Waals surface area contributed by atoms with Crippen molar-refractivity contribution in [1.82, 2.24) is 0 Å². The Balaban J connectivity index is 2.33. The van der Waals surface area contributed by atoms with Crippen molar-refractivity contribution in [2.45, 2.75) is 77.7 Å². The zero-order valence-corrected chi connectivity index (χ0v) is 16.6. The predicted molar refractivity (Wildman–Crippen MR) is 106 cm³/mol. The Kier molecular flexibility index (Phi) is 11.9. The fourth-order valence-electron chi connectivity index (χ4n) is 3.14. The molecule has 0 aromatic rings. The summed E-state index contributed by atoms with van der Waals surface area (Å²) in [5, 5.41) is 9.14. The molecule has 0 bridgehead atoms. The Morgan fingerprint density at radius 2 is 2.00 bits per heavy atom. The summed E-state index contributed by atoms with van der Waals surface area (Å²) in [4.78, 5) is 25.8. The molecule has 0 radical (unpaired) electrons. The average Bonchev–Trinajstić information content (AvgIpc) is 3.07. The molecule has 0 N–H and O–H groups in total. The molecule has 1 aliphatic rings. The SMILES string of the molecule is CCCCCCC/C=C/C=C(C)/C=C/[C@H]1CCC[C@@H]1OC(=O)CO[N+](=O)[O-]. The average molecular weight is 379 g/mol. The monoisotopic (exact) mass is 379 g/mol. The largest absolute Gasteiger partial charge is 0.460 e. The minimum atomic E-state index is -0.986. The molecular weight excluding hydrogens is 346 g/mol. The molecule has 27 heavy (non-hydrogen) atoms. The molecule has 1 saturated carbocycles. The molecule has 1 fully saturated rings. The van der Waals surface area contributed by atoms with Gasteiger partial charge < -0.3 is 9.57 Å². The number of hydrogen-bond donors (Lipinski definition) is 0. The zero-order valence-electron chi connectivity index (χ0n) is 16.6. The van der Waals surface area contributed by atoms with E-state index in [9.17, 15) is 14.9 Å². The van der Waals surface area contributed by atoms with E-state index in [1.54, 1.807) is 0 Å². The molecule has 2 atom stereocenters. The summed E-state index contributed by atoms with van der Waals surface area (Å²) in [6.07, 6.45) is 20.6. The summed E-state index contributed by atoms with van der Waals surface area (Å²) in [5.41, 5.74) is 1.14. The summed E-state index contributed by atoms with van der Waals surface area (Å²) in [5.74, 6) is -0.540. The van der Waals surface area contributed by atoms with E-state index in [-0.39, 0.29) is 12.0 Å². The quantitative estimate of drug-likeness (QED) is 0.142. The number of rotatable bonds is 13. The first-order valence-corrected chi connectivity index (χ1v) is 10.0. The number of hydrogen-bond acceptors (Lipinski definition) is 5. The maximum Gasteiger partial charge on any atom is 0.332 e. The molecule has 0 unspecified atom stereocenters. The minimum Gasteiger partial charge on any atom is -0.460 e. The van der Waals surface area contributed by atoms with Gasteiger partial charge in [0.25, 0.3) is 5.09 Å². The summed E-state index contributed by atoms with van der Waals surface area (Å²) in [7, 11) is 0. The van der Waals surface area contributed by atoms with E-state index >= 15 is 0 Å². The second-order valence-electron chi connectivity index (χ2n) is 7.02. The summed E-state index contributed by atoms with van der Waals surface area (Å²) in [6.45, 7) is 3.62. The van der Waals surface area contributed by atoms with Gasteiger partial charge in [0.2, 0.25) is 0 Å². The molecule has 152 valence electrons. The first kappa shape index (κ1) is 22.9. The molecule has 0 amide bonds. The minimum absolute atomic E-state index is 0.149. The Bertz CT molecular complexity index is 539. The lowest BCUT2D eigenvalue weighted by Crippen LogP contribution is -2.24. The van der Waals surface area contributed by atoms with E-state index in [1.165, 1.54) is 32.1 Å². The van der Waals surface area contributed by atoms with Crippen LogP contribution in [0.5, 0.6) is 0 Å². The molecule has 0 aliphatic heterocycles. The molecule has 0 aromatic carbocycles. The van der Waals surface area contributed by atoms with Gasteiger partial charge in [-0.1, -0.05) is 68.6 Å². The van der Waals surface area contributed by atoms with Gasteiger partial charge in [0, 0.05) is 5.92 Å². The van der Waals surface area contributed by atoms with Crippen LogP contribution in [0.1, 0.15) is 71.6 Å². The highest BCUT2D eigenvalue weighted by Gasteiger charge is 2.28. The van der Waals surface area contributed by atoms with Gasteiger partial charge in [-0.2, -0.15) is 0 Å². The highest BCUT2D eigenvalue weighted by atomic mass is 17.0. The fourth-order valence-corrected chi connectivity index (χ4v) is 3.14. The van der Waals surface area contributed by atoms with Crippen LogP contribution in [0.15, 0.2) is 36.0 Å². The van der Waals surface area contributed by atoms with E-state index in [1.807, 2.05) is 6.92 Å². The molecule has 0 saturated heterocycles. The number of unbranched alkanes of at least 4 members (excludes halogenated alkanes) is 5. The first-order valence-electron chi connectivity index (χ1n) is 10.0. The normalized spacial score (nSPS) is 20.4. The Morgan fingerprint density at radius 3 is 2.74 bits per heavy atom. The lowest BCUT2D eigenvalue weighted by atomic mass is 10.0. The van der Waals surface area contributed by atoms with Crippen molar-refractivity contribution in [3.8, 4) is 0 Å². The third-order valence-corrected chi connectivity index (χ3v) is 4.65. The van der Waals surface area contributed by atoms with Crippen LogP contribution in [0.2, 0.25) is 0 Å². The summed E-state index contributed by atoms with van der Waals surface area (Å²) < 4.78 is 5.31. The molecular formula is C21H33NO5. The maximum atomic E-state index is 11.6. The number of nitrogens with zero attached hydrogens (tertiary/aromatic N) is 1. The van der Waals surface area contributed by atoms with Crippen LogP contribution in [0.3, 0.4) is 0 Å². The number of esters is 1. The van der Waals surface area contributed by atoms with Crippen molar-refractivity contribution in [1.29, 1.82) is 0 Å². The lowest BCUT2D eigenvalue weighted by Gasteiger charge is -2.17. The van der Waals surface area contributed by atoms with Gasteiger partial charge in [0.15, 0.2) is 6.61 Å². The highest BCUT2D eigenvalue weighted by molar-refractivity contribution is 5.70. The van der Waals surface area contributed by atoms with Crippen molar-refractivity contribution in [3.05, 3.63) is 46.1 Å². The molecule has 6 nitrogen and oxygen atoms in total. The van der Waals surface area contributed by atoms with Gasteiger partial charge in [0.1, 0.15) is 6.10 Å². The Morgan fingerprint density at radius 1 is 1.22 bits per heavy atom. The number of carbonyl (C=O) groups is 1. The molecule has 0 aromatic heterocycles. The number of ether oxygens (including phenoxy) is 1. The van der Waals surface area contributed by atoms with E-state index in [4.69, 9.17) is 4.74 Å². The van der Waals surface area contributed by atoms with Gasteiger partial charge in [-0.3, -0.25) is 0 Å². The van der Waals surface area contributed by atoms with Crippen LogP contribution in [0, 0.1) is 16.0 Å². The first-order chi connectivity index (χ1) is 13.0. The van der Waals surface area contributed by atoms with Crippen molar-refractivity contribution in [2.24, 2.45) is 5.92 Å². The molecule has 0 heterocycles. The van der Waals surface area contributed by atoms with Gasteiger partial charge >= 0.3 is 5.97 Å². The van der Waals surface area contributed by atoms with Crippen molar-refractivity contribution in [2.75, 3.05) is 6.61 Å². The number of carbonyl (C=O) groups excluding carboxylic acids is 1.